The van der Waals surface area contributed by atoms with Crippen LogP contribution in [0.4, 0.5) is 5.13 Å². The van der Waals surface area contributed by atoms with Gasteiger partial charge in [-0.05, 0) is 41.7 Å². The lowest BCUT2D eigenvalue weighted by atomic mass is 9.48. The number of benzene rings is 2. The van der Waals surface area contributed by atoms with Gasteiger partial charge in [0.2, 0.25) is 5.91 Å². The zero-order chi connectivity index (χ0) is 23.3. The first-order valence-corrected chi connectivity index (χ1v) is 12.2. The van der Waals surface area contributed by atoms with Crippen molar-refractivity contribution in [3.05, 3.63) is 112 Å². The number of thiazole rings is 1. The van der Waals surface area contributed by atoms with Gasteiger partial charge in [-0.1, -0.05) is 60.7 Å². The van der Waals surface area contributed by atoms with E-state index in [1.165, 1.54) is 16.9 Å². The van der Waals surface area contributed by atoms with E-state index >= 15 is 0 Å². The van der Waals surface area contributed by atoms with Crippen molar-refractivity contribution in [2.24, 2.45) is 5.41 Å². The van der Waals surface area contributed by atoms with E-state index < -0.39 is 10.8 Å². The molecule has 34 heavy (non-hydrogen) atoms. The number of aromatic nitrogens is 2. The highest BCUT2D eigenvalue weighted by atomic mass is 32.1. The normalized spacial score (nSPS) is 24.1. The van der Waals surface area contributed by atoms with Crippen molar-refractivity contribution in [1.82, 2.24) is 9.97 Å². The lowest BCUT2D eigenvalue weighted by molar-refractivity contribution is -0.127. The van der Waals surface area contributed by atoms with Crippen molar-refractivity contribution in [2.45, 2.75) is 31.1 Å². The molecule has 4 aromatic rings. The Labute approximate surface area is 202 Å². The number of amides is 1. The van der Waals surface area contributed by atoms with Gasteiger partial charge in [-0.2, -0.15) is 5.26 Å². The minimum absolute atomic E-state index is 0.109. The molecule has 1 amide bonds. The second kappa shape index (κ2) is 7.61. The molecule has 7 rings (SSSR count). The molecule has 2 heterocycles. The number of rotatable bonds is 4. The van der Waals surface area contributed by atoms with Crippen LogP contribution in [0.3, 0.4) is 0 Å². The van der Waals surface area contributed by atoms with Crippen LogP contribution in [0.5, 0.6) is 0 Å². The molecule has 6 heteroatoms. The Kier molecular flexibility index (Phi) is 4.65. The summed E-state index contributed by atoms with van der Waals surface area (Å²) in [7, 11) is 0. The van der Waals surface area contributed by atoms with Gasteiger partial charge in [0.05, 0.1) is 22.9 Å². The molecule has 166 valence electrons. The number of nitrogens with zero attached hydrogens (tertiary/aromatic N) is 3. The molecule has 0 fully saturated rings. The number of anilines is 1. The van der Waals surface area contributed by atoms with Gasteiger partial charge in [-0.15, -0.1) is 11.3 Å². The van der Waals surface area contributed by atoms with Gasteiger partial charge in [-0.25, -0.2) is 4.98 Å². The van der Waals surface area contributed by atoms with Crippen LogP contribution in [0.1, 0.15) is 52.9 Å². The van der Waals surface area contributed by atoms with Gasteiger partial charge in [-0.3, -0.25) is 9.78 Å². The van der Waals surface area contributed by atoms with Crippen LogP contribution in [0, 0.1) is 16.7 Å². The fourth-order valence-electron chi connectivity index (χ4n) is 5.81. The number of hydrogen-bond donors (Lipinski definition) is 1. The molecule has 0 saturated carbocycles. The number of hydrogen-bond acceptors (Lipinski definition) is 5. The van der Waals surface area contributed by atoms with E-state index in [4.69, 9.17) is 0 Å². The maximum atomic E-state index is 13.9. The molecule has 2 bridgehead atoms. The number of fused-ring (bicyclic) bond motifs is 1. The number of carbonyl (C=O) groups is 1. The molecule has 0 saturated heterocycles. The summed E-state index contributed by atoms with van der Waals surface area (Å²) in [5.74, 6) is -0.284. The highest BCUT2D eigenvalue weighted by Crippen LogP contribution is 2.63. The van der Waals surface area contributed by atoms with Crippen LogP contribution in [0.15, 0.2) is 78.3 Å². The Bertz CT molecular complexity index is 1410. The van der Waals surface area contributed by atoms with Gasteiger partial charge in [0.15, 0.2) is 5.13 Å². The molecule has 2 aromatic heterocycles. The Morgan fingerprint density at radius 2 is 1.88 bits per heavy atom. The van der Waals surface area contributed by atoms with Crippen LogP contribution < -0.4 is 5.32 Å². The molecule has 3 aliphatic carbocycles. The van der Waals surface area contributed by atoms with E-state index in [2.05, 4.69) is 33.5 Å². The highest BCUT2D eigenvalue weighted by molar-refractivity contribution is 7.13. The van der Waals surface area contributed by atoms with Crippen molar-refractivity contribution in [1.29, 1.82) is 5.26 Å². The molecular formula is C28H22N4OS. The zero-order valence-electron chi connectivity index (χ0n) is 18.7. The Hall–Kier alpha value is -3.82. The van der Waals surface area contributed by atoms with Crippen LogP contribution in [-0.2, 0) is 16.6 Å². The summed E-state index contributed by atoms with van der Waals surface area (Å²) in [6.07, 6.45) is 2.84. The molecule has 0 aliphatic heterocycles. The predicted molar refractivity (Wildman–Crippen MR) is 132 cm³/mol. The number of carbonyl (C=O) groups excluding carboxylic acids is 1. The first kappa shape index (κ1) is 20.8. The summed E-state index contributed by atoms with van der Waals surface area (Å²) in [6, 6.07) is 24.6. The van der Waals surface area contributed by atoms with E-state index in [9.17, 15) is 10.1 Å². The SMILES string of the molecule is CC1(C(=O)Nc2nc(Cc3ccccc3)cs2)CC2(C#N)c3ccccc3C1c1cccnc12. The fraction of sp³-hybridized carbons (Fsp3) is 0.214. The van der Waals surface area contributed by atoms with Crippen molar-refractivity contribution < 1.29 is 4.79 Å². The smallest absolute Gasteiger partial charge is 0.233 e. The summed E-state index contributed by atoms with van der Waals surface area (Å²) in [4.78, 5) is 23.2. The maximum absolute atomic E-state index is 13.9. The summed E-state index contributed by atoms with van der Waals surface area (Å²) < 4.78 is 0. The molecule has 1 N–H and O–H groups in total. The van der Waals surface area contributed by atoms with Gasteiger partial charge in [0.25, 0.3) is 0 Å². The summed E-state index contributed by atoms with van der Waals surface area (Å²) in [6.45, 7) is 1.98. The van der Waals surface area contributed by atoms with Gasteiger partial charge in [0.1, 0.15) is 5.41 Å². The van der Waals surface area contributed by atoms with E-state index in [1.807, 2.05) is 66.9 Å². The average molecular weight is 463 g/mol. The summed E-state index contributed by atoms with van der Waals surface area (Å²) in [5.41, 5.74) is 4.10. The van der Waals surface area contributed by atoms with Gasteiger partial charge in [0, 0.05) is 23.9 Å². The molecule has 5 nitrogen and oxygen atoms in total. The monoisotopic (exact) mass is 462 g/mol. The van der Waals surface area contributed by atoms with Crippen LogP contribution >= 0.6 is 11.3 Å². The van der Waals surface area contributed by atoms with Crippen molar-refractivity contribution in [2.75, 3.05) is 5.32 Å². The quantitative estimate of drug-likeness (QED) is 0.438. The number of nitriles is 1. The molecule has 0 spiro atoms. The first-order chi connectivity index (χ1) is 16.5. The highest BCUT2D eigenvalue weighted by Gasteiger charge is 2.61. The molecule has 3 atom stereocenters. The van der Waals surface area contributed by atoms with Crippen LogP contribution in [0.25, 0.3) is 0 Å². The van der Waals surface area contributed by atoms with Crippen LogP contribution in [0.2, 0.25) is 0 Å². The maximum Gasteiger partial charge on any atom is 0.233 e. The first-order valence-electron chi connectivity index (χ1n) is 11.3. The minimum atomic E-state index is -0.949. The van der Waals surface area contributed by atoms with E-state index in [0.717, 1.165) is 34.5 Å². The third kappa shape index (κ3) is 2.94. The van der Waals surface area contributed by atoms with Crippen molar-refractivity contribution in [3.8, 4) is 6.07 Å². The Balaban J connectivity index is 1.36. The summed E-state index contributed by atoms with van der Waals surface area (Å²) in [5, 5.41) is 16.1. The largest absolute Gasteiger partial charge is 0.301 e. The second-order valence-corrected chi connectivity index (χ2v) is 10.2. The lowest BCUT2D eigenvalue weighted by Gasteiger charge is -2.53. The third-order valence-corrected chi connectivity index (χ3v) is 8.07. The Morgan fingerprint density at radius 3 is 2.71 bits per heavy atom. The lowest BCUT2D eigenvalue weighted by Crippen LogP contribution is -2.54. The average Bonchev–Trinajstić information content (AvgIpc) is 3.31. The zero-order valence-corrected chi connectivity index (χ0v) is 19.5. The fourth-order valence-corrected chi connectivity index (χ4v) is 6.52. The summed E-state index contributed by atoms with van der Waals surface area (Å²) >= 11 is 1.44. The second-order valence-electron chi connectivity index (χ2n) is 9.33. The van der Waals surface area contributed by atoms with E-state index in [1.54, 1.807) is 6.20 Å². The van der Waals surface area contributed by atoms with E-state index in [0.29, 0.717) is 11.6 Å². The Morgan fingerprint density at radius 1 is 1.12 bits per heavy atom. The van der Waals surface area contributed by atoms with Gasteiger partial charge >= 0.3 is 0 Å². The van der Waals surface area contributed by atoms with Gasteiger partial charge < -0.3 is 5.32 Å². The molecule has 0 radical (unpaired) electrons. The minimum Gasteiger partial charge on any atom is -0.301 e. The topological polar surface area (TPSA) is 78.7 Å². The number of pyridine rings is 1. The standard InChI is InChI=1S/C28H22N4OS/c1-27(25(33)32-26-31-19(15-34-26)14-18-8-3-2-4-9-18)16-28(17-29)22-12-6-5-10-20(22)23(27)21-11-7-13-30-24(21)28/h2-13,15,23H,14,16H2,1H3,(H,31,32,33). The van der Waals surface area contributed by atoms with E-state index in [-0.39, 0.29) is 11.8 Å². The molecule has 2 aromatic carbocycles. The predicted octanol–water partition coefficient (Wildman–Crippen LogP) is 5.43. The third-order valence-electron chi connectivity index (χ3n) is 7.27. The van der Waals surface area contributed by atoms with Crippen LogP contribution in [-0.4, -0.2) is 15.9 Å². The van der Waals surface area contributed by atoms with Crippen molar-refractivity contribution in [3.63, 3.8) is 0 Å². The molecule has 3 aliphatic rings. The van der Waals surface area contributed by atoms with Crippen molar-refractivity contribution >= 4 is 22.4 Å². The molecular weight excluding hydrogens is 440 g/mol. The number of nitrogens with one attached hydrogen (secondary N) is 1. The molecule has 3 unspecified atom stereocenters.